The second kappa shape index (κ2) is 7.97. The van der Waals surface area contributed by atoms with E-state index in [1.165, 1.54) is 6.20 Å². The Balaban J connectivity index is 1.86. The minimum Gasteiger partial charge on any atom is -0.322 e. The number of aromatic nitrogens is 1. The van der Waals surface area contributed by atoms with Crippen LogP contribution >= 0.6 is 0 Å². The van der Waals surface area contributed by atoms with E-state index in [0.29, 0.717) is 29.9 Å². The lowest BCUT2D eigenvalue weighted by molar-refractivity contribution is 0.102. The van der Waals surface area contributed by atoms with Gasteiger partial charge in [-0.2, -0.15) is 4.31 Å². The molecule has 2 heterocycles. The Labute approximate surface area is 154 Å². The number of carbonyl (C=O) groups is 1. The van der Waals surface area contributed by atoms with Gasteiger partial charge in [0, 0.05) is 31.2 Å². The third kappa shape index (κ3) is 4.11. The maximum absolute atomic E-state index is 13.1. The van der Waals surface area contributed by atoms with Gasteiger partial charge in [-0.25, -0.2) is 8.42 Å². The van der Waals surface area contributed by atoms with Gasteiger partial charge in [-0.05, 0) is 49.6 Å². The first-order valence-corrected chi connectivity index (χ1v) is 10.2. The summed E-state index contributed by atoms with van der Waals surface area (Å²) in [4.78, 5) is 16.5. The maximum atomic E-state index is 13.1. The van der Waals surface area contributed by atoms with Crippen LogP contribution in [0.5, 0.6) is 0 Å². The molecule has 1 amide bonds. The van der Waals surface area contributed by atoms with Crippen LogP contribution in [-0.2, 0) is 10.0 Å². The van der Waals surface area contributed by atoms with Gasteiger partial charge in [-0.3, -0.25) is 9.78 Å². The Hall–Kier alpha value is -2.25. The Bertz CT molecular complexity index is 874. The van der Waals surface area contributed by atoms with Crippen molar-refractivity contribution in [2.45, 2.75) is 37.5 Å². The molecule has 0 radical (unpaired) electrons. The molecule has 1 aromatic heterocycles. The second-order valence-corrected chi connectivity index (χ2v) is 8.40. The molecule has 0 spiro atoms. The van der Waals surface area contributed by atoms with Gasteiger partial charge in [-0.15, -0.1) is 0 Å². The third-order valence-corrected chi connectivity index (χ3v) is 6.59. The van der Waals surface area contributed by atoms with Crippen LogP contribution in [0.2, 0.25) is 0 Å². The van der Waals surface area contributed by atoms with Crippen LogP contribution < -0.4 is 5.32 Å². The van der Waals surface area contributed by atoms with Gasteiger partial charge in [0.1, 0.15) is 0 Å². The molecule has 3 rings (SSSR count). The van der Waals surface area contributed by atoms with Gasteiger partial charge in [-0.1, -0.05) is 18.9 Å². The van der Waals surface area contributed by atoms with E-state index in [9.17, 15) is 13.2 Å². The number of nitrogens with one attached hydrogen (secondary N) is 1. The number of benzene rings is 1. The highest BCUT2D eigenvalue weighted by molar-refractivity contribution is 7.89. The molecule has 7 heteroatoms. The first-order valence-electron chi connectivity index (χ1n) is 8.81. The van der Waals surface area contributed by atoms with Crippen LogP contribution in [0.4, 0.5) is 5.69 Å². The summed E-state index contributed by atoms with van der Waals surface area (Å²) < 4.78 is 27.7. The van der Waals surface area contributed by atoms with Crippen molar-refractivity contribution in [1.29, 1.82) is 0 Å². The fourth-order valence-electron chi connectivity index (χ4n) is 3.08. The number of anilines is 1. The lowest BCUT2D eigenvalue weighted by atomic mass is 10.2. The summed E-state index contributed by atoms with van der Waals surface area (Å²) >= 11 is 0. The number of carbonyl (C=O) groups excluding carboxylic acids is 1. The molecule has 0 unspecified atom stereocenters. The summed E-state index contributed by atoms with van der Waals surface area (Å²) in [5.74, 6) is -0.319. The van der Waals surface area contributed by atoms with Crippen LogP contribution in [0.1, 0.15) is 41.6 Å². The molecule has 1 saturated heterocycles. The molecule has 1 aliphatic heterocycles. The SMILES string of the molecule is Cc1ccc(NC(=O)c2cccnc2)cc1S(=O)(=O)N1CCCCCC1. The maximum Gasteiger partial charge on any atom is 0.257 e. The topological polar surface area (TPSA) is 79.4 Å². The summed E-state index contributed by atoms with van der Waals surface area (Å²) in [6.45, 7) is 2.87. The van der Waals surface area contributed by atoms with Crippen LogP contribution in [0.25, 0.3) is 0 Å². The Morgan fingerprint density at radius 3 is 2.50 bits per heavy atom. The first-order chi connectivity index (χ1) is 12.5. The molecular weight excluding hydrogens is 350 g/mol. The van der Waals surface area contributed by atoms with E-state index in [1.54, 1.807) is 47.8 Å². The van der Waals surface area contributed by atoms with E-state index in [4.69, 9.17) is 0 Å². The van der Waals surface area contributed by atoms with E-state index in [0.717, 1.165) is 25.7 Å². The van der Waals surface area contributed by atoms with E-state index in [1.807, 2.05) is 0 Å². The van der Waals surface area contributed by atoms with Crippen molar-refractivity contribution < 1.29 is 13.2 Å². The van der Waals surface area contributed by atoms with E-state index in [2.05, 4.69) is 10.3 Å². The highest BCUT2D eigenvalue weighted by Gasteiger charge is 2.27. The largest absolute Gasteiger partial charge is 0.322 e. The quantitative estimate of drug-likeness (QED) is 0.892. The van der Waals surface area contributed by atoms with E-state index < -0.39 is 10.0 Å². The molecular formula is C19H23N3O3S. The van der Waals surface area contributed by atoms with Crippen LogP contribution in [0, 0.1) is 6.92 Å². The van der Waals surface area contributed by atoms with Crippen LogP contribution in [-0.4, -0.2) is 36.7 Å². The first kappa shape index (κ1) is 18.5. The number of pyridine rings is 1. The zero-order chi connectivity index (χ0) is 18.6. The highest BCUT2D eigenvalue weighted by Crippen LogP contribution is 2.26. The molecule has 1 aromatic carbocycles. The van der Waals surface area contributed by atoms with E-state index >= 15 is 0 Å². The zero-order valence-corrected chi connectivity index (χ0v) is 15.6. The highest BCUT2D eigenvalue weighted by atomic mass is 32.2. The summed E-state index contributed by atoms with van der Waals surface area (Å²) in [5, 5.41) is 2.75. The van der Waals surface area contributed by atoms with Gasteiger partial charge in [0.25, 0.3) is 5.91 Å². The number of amides is 1. The average Bonchev–Trinajstić information content (AvgIpc) is 2.94. The summed E-state index contributed by atoms with van der Waals surface area (Å²) in [6.07, 6.45) is 6.96. The lowest BCUT2D eigenvalue weighted by Crippen LogP contribution is -2.32. The van der Waals surface area contributed by atoms with Crippen molar-refractivity contribution in [1.82, 2.24) is 9.29 Å². The van der Waals surface area contributed by atoms with Crippen molar-refractivity contribution >= 4 is 21.6 Å². The summed E-state index contributed by atoms with van der Waals surface area (Å²) in [5.41, 5.74) is 1.55. The zero-order valence-electron chi connectivity index (χ0n) is 14.8. The Kier molecular flexibility index (Phi) is 5.68. The van der Waals surface area contributed by atoms with Gasteiger partial charge >= 0.3 is 0 Å². The second-order valence-electron chi connectivity index (χ2n) is 6.49. The molecule has 0 saturated carbocycles. The predicted octanol–water partition coefficient (Wildman–Crippen LogP) is 3.21. The van der Waals surface area contributed by atoms with Crippen molar-refractivity contribution in [3.8, 4) is 0 Å². The molecule has 26 heavy (non-hydrogen) atoms. The van der Waals surface area contributed by atoms with Crippen molar-refractivity contribution in [2.75, 3.05) is 18.4 Å². The van der Waals surface area contributed by atoms with Crippen molar-refractivity contribution in [3.05, 3.63) is 53.9 Å². The standard InChI is InChI=1S/C19H23N3O3S/c1-15-8-9-17(21-19(23)16-7-6-10-20-14-16)13-18(15)26(24,25)22-11-4-2-3-5-12-22/h6-10,13-14H,2-5,11-12H2,1H3,(H,21,23). The van der Waals surface area contributed by atoms with Crippen molar-refractivity contribution in [2.24, 2.45) is 0 Å². The Morgan fingerprint density at radius 2 is 1.85 bits per heavy atom. The molecule has 2 aromatic rings. The fraction of sp³-hybridized carbons (Fsp3) is 0.368. The van der Waals surface area contributed by atoms with Gasteiger partial charge in [0.2, 0.25) is 10.0 Å². The smallest absolute Gasteiger partial charge is 0.257 e. The van der Waals surface area contributed by atoms with Gasteiger partial charge in [0.15, 0.2) is 0 Å². The molecule has 1 aliphatic rings. The fourth-order valence-corrected chi connectivity index (χ4v) is 4.85. The molecule has 6 nitrogen and oxygen atoms in total. The van der Waals surface area contributed by atoms with Crippen molar-refractivity contribution in [3.63, 3.8) is 0 Å². The monoisotopic (exact) mass is 373 g/mol. The minimum atomic E-state index is -3.57. The third-order valence-electron chi connectivity index (χ3n) is 4.55. The molecule has 1 N–H and O–H groups in total. The molecule has 0 atom stereocenters. The van der Waals surface area contributed by atoms with Crippen LogP contribution in [0.15, 0.2) is 47.6 Å². The molecule has 0 aliphatic carbocycles. The number of nitrogens with zero attached hydrogens (tertiary/aromatic N) is 2. The number of hydrogen-bond acceptors (Lipinski definition) is 4. The Morgan fingerprint density at radius 1 is 1.12 bits per heavy atom. The average molecular weight is 373 g/mol. The normalized spacial score (nSPS) is 16.0. The number of aryl methyl sites for hydroxylation is 1. The minimum absolute atomic E-state index is 0.253. The van der Waals surface area contributed by atoms with Gasteiger partial charge in [0.05, 0.1) is 10.5 Å². The molecule has 0 bridgehead atoms. The summed E-state index contributed by atoms with van der Waals surface area (Å²) in [6, 6.07) is 8.32. The predicted molar refractivity (Wildman–Crippen MR) is 101 cm³/mol. The molecule has 1 fully saturated rings. The molecule has 138 valence electrons. The number of sulfonamides is 1. The van der Waals surface area contributed by atoms with E-state index in [-0.39, 0.29) is 10.8 Å². The summed E-state index contributed by atoms with van der Waals surface area (Å²) in [7, 11) is -3.57. The van der Waals surface area contributed by atoms with Gasteiger partial charge < -0.3 is 5.32 Å². The lowest BCUT2D eigenvalue weighted by Gasteiger charge is -2.21. The number of rotatable bonds is 4. The van der Waals surface area contributed by atoms with Crippen LogP contribution in [0.3, 0.4) is 0 Å². The number of hydrogen-bond donors (Lipinski definition) is 1.